The molecule has 0 aliphatic heterocycles. The third kappa shape index (κ3) is 5.48. The van der Waals surface area contributed by atoms with E-state index in [2.05, 4.69) is 48.2 Å². The van der Waals surface area contributed by atoms with Crippen LogP contribution in [0.4, 0.5) is 0 Å². The van der Waals surface area contributed by atoms with E-state index in [4.69, 9.17) is 0 Å². The summed E-state index contributed by atoms with van der Waals surface area (Å²) < 4.78 is 1.74. The van der Waals surface area contributed by atoms with Gasteiger partial charge in [0.25, 0.3) is 0 Å². The van der Waals surface area contributed by atoms with Crippen molar-refractivity contribution in [1.82, 2.24) is 30.4 Å². The number of aliphatic imine (C=N–C) groups is 1. The van der Waals surface area contributed by atoms with Crippen molar-refractivity contribution in [3.05, 3.63) is 39.5 Å². The number of thiophene rings is 1. The van der Waals surface area contributed by atoms with Gasteiger partial charge in [-0.25, -0.2) is 9.97 Å². The number of aryl methyl sites for hydroxylation is 2. The van der Waals surface area contributed by atoms with Crippen LogP contribution in [0.3, 0.4) is 0 Å². The predicted molar refractivity (Wildman–Crippen MR) is 118 cm³/mol. The molecule has 3 heterocycles. The molecule has 0 amide bonds. The fourth-order valence-corrected chi connectivity index (χ4v) is 3.95. The third-order valence-corrected chi connectivity index (χ3v) is 5.58. The smallest absolute Gasteiger partial charge is 0.191 e. The van der Waals surface area contributed by atoms with Crippen LogP contribution in [0.25, 0.3) is 10.6 Å². The largest absolute Gasteiger partial charge is 0.356 e. The number of hydrogen-bond acceptors (Lipinski definition) is 6. The quantitative estimate of drug-likeness (QED) is 0.307. The molecule has 3 aromatic heterocycles. The monoisotopic (exact) mass is 503 g/mol. The molecule has 0 bridgehead atoms. The fraction of sp³-hybridized carbons (Fsp3) is 0.375. The summed E-state index contributed by atoms with van der Waals surface area (Å²) in [6, 6.07) is 4.32. The van der Waals surface area contributed by atoms with Crippen molar-refractivity contribution in [2.45, 2.75) is 19.9 Å². The van der Waals surface area contributed by atoms with Crippen molar-refractivity contribution in [1.29, 1.82) is 0 Å². The second-order valence-electron chi connectivity index (χ2n) is 5.42. The van der Waals surface area contributed by atoms with Crippen molar-refractivity contribution in [2.24, 2.45) is 12.0 Å². The van der Waals surface area contributed by atoms with Gasteiger partial charge in [0.05, 0.1) is 22.1 Å². The molecule has 0 spiro atoms. The maximum atomic E-state index is 4.54. The highest BCUT2D eigenvalue weighted by atomic mass is 127. The molecule has 3 aromatic rings. The van der Waals surface area contributed by atoms with E-state index in [1.54, 1.807) is 40.7 Å². The van der Waals surface area contributed by atoms with E-state index in [0.29, 0.717) is 6.54 Å². The van der Waals surface area contributed by atoms with Crippen LogP contribution in [0.15, 0.2) is 28.8 Å². The SMILES string of the molecule is CN=C(NCCc1ccc(-c2csc(C)n2)s1)NCc1ncnn1C.I. The molecule has 0 fully saturated rings. The number of nitrogens with zero attached hydrogens (tertiary/aromatic N) is 5. The summed E-state index contributed by atoms with van der Waals surface area (Å²) in [5, 5.41) is 13.8. The lowest BCUT2D eigenvalue weighted by Gasteiger charge is -2.10. The Morgan fingerprint density at radius 2 is 2.15 bits per heavy atom. The molecule has 3 rings (SSSR count). The minimum Gasteiger partial charge on any atom is -0.356 e. The zero-order valence-electron chi connectivity index (χ0n) is 14.9. The van der Waals surface area contributed by atoms with Gasteiger partial charge in [-0.05, 0) is 25.5 Å². The van der Waals surface area contributed by atoms with E-state index < -0.39 is 0 Å². The van der Waals surface area contributed by atoms with Gasteiger partial charge in [-0.15, -0.1) is 46.7 Å². The van der Waals surface area contributed by atoms with Crippen LogP contribution in [-0.2, 0) is 20.0 Å². The third-order valence-electron chi connectivity index (χ3n) is 3.64. The summed E-state index contributed by atoms with van der Waals surface area (Å²) in [5.74, 6) is 1.62. The summed E-state index contributed by atoms with van der Waals surface area (Å²) in [5.41, 5.74) is 1.08. The Bertz CT molecular complexity index is 852. The first-order valence-electron chi connectivity index (χ1n) is 7.94. The lowest BCUT2D eigenvalue weighted by Crippen LogP contribution is -2.38. The van der Waals surface area contributed by atoms with Gasteiger partial charge in [0, 0.05) is 30.9 Å². The Morgan fingerprint density at radius 3 is 2.81 bits per heavy atom. The maximum absolute atomic E-state index is 4.54. The zero-order chi connectivity index (χ0) is 17.6. The van der Waals surface area contributed by atoms with E-state index >= 15 is 0 Å². The summed E-state index contributed by atoms with van der Waals surface area (Å²) in [6.07, 6.45) is 2.49. The maximum Gasteiger partial charge on any atom is 0.191 e. The molecule has 10 heteroatoms. The highest BCUT2D eigenvalue weighted by Crippen LogP contribution is 2.29. The van der Waals surface area contributed by atoms with Gasteiger partial charge in [0.15, 0.2) is 5.96 Å². The Kier molecular flexibility index (Phi) is 7.97. The first kappa shape index (κ1) is 20.8. The van der Waals surface area contributed by atoms with Gasteiger partial charge < -0.3 is 10.6 Å². The molecule has 26 heavy (non-hydrogen) atoms. The molecule has 0 aliphatic carbocycles. The Labute approximate surface area is 178 Å². The fourth-order valence-electron chi connectivity index (χ4n) is 2.29. The van der Waals surface area contributed by atoms with Gasteiger partial charge >= 0.3 is 0 Å². The highest BCUT2D eigenvalue weighted by molar-refractivity contribution is 14.0. The Balaban J connectivity index is 0.00000243. The van der Waals surface area contributed by atoms with Gasteiger partial charge in [-0.3, -0.25) is 9.67 Å². The van der Waals surface area contributed by atoms with E-state index in [-0.39, 0.29) is 24.0 Å². The zero-order valence-corrected chi connectivity index (χ0v) is 18.9. The minimum atomic E-state index is 0. The highest BCUT2D eigenvalue weighted by Gasteiger charge is 2.07. The average Bonchev–Trinajstić information content (AvgIpc) is 3.32. The average molecular weight is 503 g/mol. The Hall–Kier alpha value is -1.53. The number of rotatable bonds is 6. The van der Waals surface area contributed by atoms with Gasteiger partial charge in [0.1, 0.15) is 12.2 Å². The lowest BCUT2D eigenvalue weighted by atomic mass is 10.3. The molecule has 140 valence electrons. The molecule has 0 aromatic carbocycles. The van der Waals surface area contributed by atoms with Crippen molar-refractivity contribution >= 4 is 52.6 Å². The second-order valence-corrected chi connectivity index (χ2v) is 7.65. The first-order chi connectivity index (χ1) is 12.2. The molecule has 0 unspecified atom stereocenters. The number of guanidine groups is 1. The van der Waals surface area contributed by atoms with E-state index in [0.717, 1.165) is 35.5 Å². The van der Waals surface area contributed by atoms with Gasteiger partial charge in [0.2, 0.25) is 0 Å². The van der Waals surface area contributed by atoms with E-state index in [1.165, 1.54) is 9.75 Å². The summed E-state index contributed by atoms with van der Waals surface area (Å²) in [7, 11) is 3.64. The van der Waals surface area contributed by atoms with Crippen molar-refractivity contribution < 1.29 is 0 Å². The molecule has 0 saturated heterocycles. The van der Waals surface area contributed by atoms with Crippen LogP contribution in [0.1, 0.15) is 15.7 Å². The lowest BCUT2D eigenvalue weighted by molar-refractivity contribution is 0.672. The number of nitrogens with one attached hydrogen (secondary N) is 2. The molecule has 0 radical (unpaired) electrons. The van der Waals surface area contributed by atoms with Crippen LogP contribution in [0, 0.1) is 6.92 Å². The number of thiazole rings is 1. The first-order valence-corrected chi connectivity index (χ1v) is 9.64. The second kappa shape index (κ2) is 9.97. The van der Waals surface area contributed by atoms with Crippen molar-refractivity contribution in [3.63, 3.8) is 0 Å². The minimum absolute atomic E-state index is 0. The predicted octanol–water partition coefficient (Wildman–Crippen LogP) is 2.83. The van der Waals surface area contributed by atoms with Crippen molar-refractivity contribution in [2.75, 3.05) is 13.6 Å². The van der Waals surface area contributed by atoms with Crippen molar-refractivity contribution in [3.8, 4) is 10.6 Å². The molecular formula is C16H22IN7S2. The topological polar surface area (TPSA) is 80.0 Å². The van der Waals surface area contributed by atoms with Crippen LogP contribution in [0.2, 0.25) is 0 Å². The standard InChI is InChI=1S/C16H21N7S2.HI/c1-11-22-13(9-24-11)14-5-4-12(25-14)6-7-18-16(17-2)19-8-15-20-10-21-23(15)3;/h4-5,9-10H,6-8H2,1-3H3,(H2,17,18,19);1H. The number of aromatic nitrogens is 4. The molecule has 0 atom stereocenters. The van der Waals surface area contributed by atoms with Crippen LogP contribution in [0.5, 0.6) is 0 Å². The summed E-state index contributed by atoms with van der Waals surface area (Å²) in [6.45, 7) is 3.43. The summed E-state index contributed by atoms with van der Waals surface area (Å²) in [4.78, 5) is 15.5. The molecular weight excluding hydrogens is 481 g/mol. The summed E-state index contributed by atoms with van der Waals surface area (Å²) >= 11 is 3.48. The molecule has 0 saturated carbocycles. The van der Waals surface area contributed by atoms with Crippen LogP contribution >= 0.6 is 46.7 Å². The van der Waals surface area contributed by atoms with Gasteiger partial charge in [-0.1, -0.05) is 0 Å². The normalized spacial score (nSPS) is 11.3. The van der Waals surface area contributed by atoms with Crippen LogP contribution in [-0.4, -0.2) is 39.3 Å². The number of halogens is 1. The number of hydrogen-bond donors (Lipinski definition) is 2. The molecule has 0 aliphatic rings. The van der Waals surface area contributed by atoms with Crippen LogP contribution < -0.4 is 10.6 Å². The van der Waals surface area contributed by atoms with E-state index in [1.807, 2.05) is 14.0 Å². The molecule has 7 nitrogen and oxygen atoms in total. The Morgan fingerprint density at radius 1 is 1.31 bits per heavy atom. The van der Waals surface area contributed by atoms with E-state index in [9.17, 15) is 0 Å². The molecule has 2 N–H and O–H groups in total. The van der Waals surface area contributed by atoms with Gasteiger partial charge in [-0.2, -0.15) is 5.10 Å².